The van der Waals surface area contributed by atoms with Crippen LogP contribution in [0.5, 0.6) is 0 Å². The van der Waals surface area contributed by atoms with Crippen LogP contribution in [0.2, 0.25) is 0 Å². The van der Waals surface area contributed by atoms with Gasteiger partial charge in [0, 0.05) is 56.4 Å². The normalized spacial score (nSPS) is 19.9. The lowest BCUT2D eigenvalue weighted by Crippen LogP contribution is -2.50. The molecule has 6 heterocycles. The molecule has 35 aromatic rings. The van der Waals surface area contributed by atoms with Crippen molar-refractivity contribution in [3.05, 3.63) is 117 Å². The van der Waals surface area contributed by atoms with Crippen LogP contribution < -0.4 is 0 Å². The molecule has 9 nitrogen and oxygen atoms in total. The van der Waals surface area contributed by atoms with Gasteiger partial charge in [-0.15, -0.1) is 0 Å². The molecule has 32 aromatic carbocycles. The van der Waals surface area contributed by atoms with Crippen molar-refractivity contribution in [1.29, 1.82) is 0 Å². The fourth-order valence-electron chi connectivity index (χ4n) is 33.1. The second-order valence-corrected chi connectivity index (χ2v) is 42.2. The van der Waals surface area contributed by atoms with E-state index in [9.17, 15) is 0 Å². The highest BCUT2D eigenvalue weighted by Crippen LogP contribution is 2.87. The van der Waals surface area contributed by atoms with Gasteiger partial charge in [-0.3, -0.25) is 4.90 Å². The van der Waals surface area contributed by atoms with Crippen LogP contribution in [-0.2, 0) is 27.1 Å². The van der Waals surface area contributed by atoms with Gasteiger partial charge in [0.05, 0.1) is 10.8 Å². The predicted octanol–water partition coefficient (Wildman–Crippen LogP) is 27.1. The smallest absolute Gasteiger partial charge is 0.165 e. The number of hydrogen-bond donors (Lipinski definition) is 2. The third-order valence-corrected chi connectivity index (χ3v) is 35.6. The average molecular weight is 1460 g/mol. The van der Waals surface area contributed by atoms with Gasteiger partial charge in [-0.05, 0) is 377 Å². The number of aromatic nitrogens is 8. The fraction of sp³-hybridized carbons (Fsp3) is 0.159. The Morgan fingerprint density at radius 1 is 0.284 bits per heavy atom. The highest BCUT2D eigenvalue weighted by atomic mass is 15.2. The molecular weight excluding hydrogens is 1410 g/mol. The Balaban J connectivity index is 0.695. The number of likely N-dealkylation sites (tertiary alicyclic amines) is 1. The third kappa shape index (κ3) is 3.79. The minimum Gasteiger partial charge on any atom is -0.324 e. The summed E-state index contributed by atoms with van der Waals surface area (Å²) in [6.07, 6.45) is 0. The van der Waals surface area contributed by atoms with E-state index in [0.717, 1.165) is 50.3 Å². The van der Waals surface area contributed by atoms with Crippen molar-refractivity contribution in [3.8, 4) is 45.6 Å². The molecule has 2 spiro atoms. The highest BCUT2D eigenvalue weighted by Gasteiger charge is 2.76. The average Bonchev–Trinajstić information content (AvgIpc) is 1.38. The van der Waals surface area contributed by atoms with E-state index >= 15 is 0 Å². The minimum atomic E-state index is -0.574. The molecule has 4 aliphatic carbocycles. The Kier molecular flexibility index (Phi) is 6.00. The molecule has 2 N–H and O–H groups in total. The van der Waals surface area contributed by atoms with E-state index in [1.165, 1.54) is 22.3 Å². The first kappa shape index (κ1) is 52.1. The van der Waals surface area contributed by atoms with Gasteiger partial charge in [-0.2, -0.15) is 0 Å². The quantitative estimate of drug-likeness (QED) is 0.157. The maximum absolute atomic E-state index is 5.98. The zero-order chi connectivity index (χ0) is 73.5. The molecule has 3 unspecified atom stereocenters. The predicted molar refractivity (Wildman–Crippen MR) is 481 cm³/mol. The van der Waals surface area contributed by atoms with Gasteiger partial charge >= 0.3 is 0 Å². The molecule has 1 fully saturated rings. The van der Waals surface area contributed by atoms with E-state index in [-0.39, 0.29) is 22.3 Å². The molecule has 42 rings (SSSR count). The minimum absolute atomic E-state index is 0.121. The van der Waals surface area contributed by atoms with E-state index < -0.39 is 10.8 Å². The number of aromatic amines is 2. The molecule has 520 valence electrons. The number of benzene rings is 21. The Bertz CT molecular complexity index is 11100. The zero-order valence-electron chi connectivity index (χ0n) is 63.8. The summed E-state index contributed by atoms with van der Waals surface area (Å²) in [5.74, 6) is 2.51. The van der Waals surface area contributed by atoms with Crippen LogP contribution in [0.3, 0.4) is 0 Å². The topological polar surface area (TPSA) is 112 Å². The first-order valence-electron chi connectivity index (χ1n) is 42.3. The van der Waals surface area contributed by atoms with Crippen LogP contribution in [-0.4, -0.2) is 58.4 Å². The van der Waals surface area contributed by atoms with Crippen molar-refractivity contribution < 1.29 is 0 Å². The fourth-order valence-corrected chi connectivity index (χ4v) is 33.1. The number of nitrogens with one attached hydrogen (secondary N) is 2. The maximum atomic E-state index is 5.98. The van der Waals surface area contributed by atoms with Gasteiger partial charge in [-0.25, -0.2) is 29.9 Å². The third-order valence-electron chi connectivity index (χ3n) is 35.6. The van der Waals surface area contributed by atoms with Crippen molar-refractivity contribution in [1.82, 2.24) is 44.8 Å². The Labute approximate surface area is 647 Å². The summed E-state index contributed by atoms with van der Waals surface area (Å²) in [6.45, 7) is 21.5. The summed E-state index contributed by atoms with van der Waals surface area (Å²) in [5, 5.41) is 91.4. The van der Waals surface area contributed by atoms with Crippen molar-refractivity contribution in [3.63, 3.8) is 0 Å². The lowest BCUT2D eigenvalue weighted by molar-refractivity contribution is 0.272. The van der Waals surface area contributed by atoms with Gasteiger partial charge in [0.1, 0.15) is 22.6 Å². The summed E-state index contributed by atoms with van der Waals surface area (Å²) >= 11 is 0. The molecule has 8 bridgehead atoms. The van der Waals surface area contributed by atoms with Crippen LogP contribution in [0.25, 0.3) is 381 Å². The second kappa shape index (κ2) is 13.4. The monoisotopic (exact) mass is 1460 g/mol. The Morgan fingerprint density at radius 2 is 0.595 bits per heavy atom. The number of fused-ring (bicyclic) bond motifs is 20. The first-order chi connectivity index (χ1) is 56.5. The molecule has 116 heavy (non-hydrogen) atoms. The zero-order valence-corrected chi connectivity index (χ0v) is 63.8. The molecule has 9 heteroatoms. The molecular formula is C107H47N9. The van der Waals surface area contributed by atoms with Crippen molar-refractivity contribution in [2.75, 3.05) is 13.6 Å². The van der Waals surface area contributed by atoms with Crippen molar-refractivity contribution >= 4 is 335 Å². The van der Waals surface area contributed by atoms with Crippen LogP contribution >= 0.6 is 0 Å². The van der Waals surface area contributed by atoms with Crippen LogP contribution in [0.15, 0.2) is 72.8 Å². The SMILES string of the molecule is CN1CC23c4c5c6c7c8c9c(c%10c%11c2c2c%12c4c4c%13c5c5c7c7c8c8c%14c9c%10c9c%10c%11c2c2c%11c%12c4c4c%12c%13c5c5c7c7c8c8c%14c9c9c%10c2c2c%11c4c4c%12c5c7c5c8c9c2c45)C63C1c1ccc2c(c1)-c1nc-2nc2[nH]c(nc3nc(nc4[nH]c(n1)c1ccc(C(C)(C)C)cc41)-c1cccc(C(C)(C)C)c1-3)c1cc(C(C)(C)C)ccc21. The molecule has 3 atom stereocenters. The van der Waals surface area contributed by atoms with Gasteiger partial charge < -0.3 is 9.97 Å². The molecule has 0 saturated carbocycles. The number of hydrogen-bond acceptors (Lipinski definition) is 7. The van der Waals surface area contributed by atoms with E-state index in [0.29, 0.717) is 45.9 Å². The molecule has 7 aliphatic rings. The molecule has 3 aliphatic heterocycles. The van der Waals surface area contributed by atoms with E-state index in [2.05, 4.69) is 157 Å². The number of rotatable bonds is 1. The van der Waals surface area contributed by atoms with Crippen LogP contribution in [0.1, 0.15) is 113 Å². The van der Waals surface area contributed by atoms with E-state index in [1.807, 2.05) is 0 Å². The van der Waals surface area contributed by atoms with Crippen LogP contribution in [0.4, 0.5) is 0 Å². The van der Waals surface area contributed by atoms with Crippen LogP contribution in [0, 0.1) is 0 Å². The molecule has 0 radical (unpaired) electrons. The second-order valence-electron chi connectivity index (χ2n) is 42.2. The van der Waals surface area contributed by atoms with Gasteiger partial charge in [-0.1, -0.05) is 117 Å². The number of nitrogens with zero attached hydrogens (tertiary/aromatic N) is 7. The highest BCUT2D eigenvalue weighted by molar-refractivity contribution is 6.82. The first-order valence-corrected chi connectivity index (χ1v) is 42.3. The summed E-state index contributed by atoms with van der Waals surface area (Å²) < 4.78 is 0. The van der Waals surface area contributed by atoms with Gasteiger partial charge in [0.15, 0.2) is 23.3 Å². The van der Waals surface area contributed by atoms with E-state index in [1.54, 1.807) is 313 Å². The summed E-state index contributed by atoms with van der Waals surface area (Å²) in [7, 11) is 2.57. The summed E-state index contributed by atoms with van der Waals surface area (Å²) in [6, 6.07) is 27.8. The van der Waals surface area contributed by atoms with Crippen molar-refractivity contribution in [2.24, 2.45) is 0 Å². The standard InChI is InChI=1S/C107H47N9/c1-103(2,3)25-15-18-28-32(21-25)100-111-97(28)110-99-31-20-24(14-17-27(31)95(109-99)108-96-29-19-16-26(104(4,5)6)22-33(29)101(112-96)115-102-35-30(98(113-100)114-102)12-11-13-34(35)105(7,8)9)94-107-92-85-77-65-57-48-39-37-36-38-42(39)51-58-56-47(38)49-45-40(36)43-44-41(37)46-50(48)63(65)71-69-55(46)53(44)61-60-52(43)54(45)68-70-62(49)64(56)76-78-66(58)67(59(51)57)79(77)88(92)87(78)90-83(76)81(70)84-74(68)72(60)80-73(61)75(69)86(82(71)85)93(107)89(80)91(84)106(90,107)23-116(94)10/h11-22,94H,23H2,1-10H3,(H2,108,109,110,111,112,113,114,115). The lowest BCUT2D eigenvalue weighted by Gasteiger charge is -2.50. The Hall–Kier alpha value is -13.3. The number of H-pyrrole nitrogens is 2. The number of likely N-dealkylation sites (N-methyl/N-ethyl adjacent to an activating group) is 1. The van der Waals surface area contributed by atoms with E-state index in [4.69, 9.17) is 29.9 Å². The lowest BCUT2D eigenvalue weighted by atomic mass is 9.49. The molecule has 3 aromatic heterocycles. The maximum Gasteiger partial charge on any atom is 0.165 e. The van der Waals surface area contributed by atoms with Gasteiger partial charge in [0.2, 0.25) is 0 Å². The summed E-state index contributed by atoms with van der Waals surface area (Å²) in [4.78, 5) is 45.4. The van der Waals surface area contributed by atoms with Gasteiger partial charge in [0.25, 0.3) is 0 Å². The Morgan fingerprint density at radius 3 is 1.00 bits per heavy atom. The molecule has 1 saturated heterocycles. The summed E-state index contributed by atoms with van der Waals surface area (Å²) in [5.41, 5.74) is 16.9. The molecule has 0 amide bonds. The largest absolute Gasteiger partial charge is 0.324 e. The van der Waals surface area contributed by atoms with Crippen molar-refractivity contribution in [2.45, 2.75) is 95.4 Å².